The molecule has 0 bridgehead atoms. The molecule has 8 heteroatoms. The minimum atomic E-state index is -0.488. The molecule has 2 amide bonds. The minimum Gasteiger partial charge on any atom is -0.482 e. The van der Waals surface area contributed by atoms with Gasteiger partial charge in [-0.15, -0.1) is 0 Å². The molecule has 1 aliphatic heterocycles. The van der Waals surface area contributed by atoms with E-state index in [0.29, 0.717) is 29.6 Å². The molecule has 1 aromatic heterocycles. The Morgan fingerprint density at radius 1 is 1.42 bits per heavy atom. The van der Waals surface area contributed by atoms with Crippen LogP contribution in [-0.2, 0) is 29.1 Å². The molecule has 8 nitrogen and oxygen atoms in total. The highest BCUT2D eigenvalue weighted by Gasteiger charge is 2.27. The number of aromatic nitrogens is 3. The van der Waals surface area contributed by atoms with Crippen LogP contribution in [0, 0.1) is 6.92 Å². The number of ether oxygens (including phenoxy) is 1. The third-order valence-electron chi connectivity index (χ3n) is 3.78. The van der Waals surface area contributed by atoms with Gasteiger partial charge in [-0.05, 0) is 31.5 Å². The third kappa shape index (κ3) is 3.08. The highest BCUT2D eigenvalue weighted by Crippen LogP contribution is 2.33. The molecule has 24 heavy (non-hydrogen) atoms. The Kier molecular flexibility index (Phi) is 4.20. The summed E-state index contributed by atoms with van der Waals surface area (Å²) in [6, 6.07) is 5.70. The van der Waals surface area contributed by atoms with Crippen molar-refractivity contribution in [3.63, 3.8) is 0 Å². The van der Waals surface area contributed by atoms with Crippen LogP contribution in [0.5, 0.6) is 5.75 Å². The Bertz CT molecular complexity index is 799. The topological polar surface area (TPSA) is 103 Å². The van der Waals surface area contributed by atoms with Crippen LogP contribution in [0.1, 0.15) is 24.1 Å². The SMILES string of the molecule is CCn1nc(CC(N)=O)nc1CN1C(=O)COc2ccc(C)cc21. The lowest BCUT2D eigenvalue weighted by Gasteiger charge is -2.29. The van der Waals surface area contributed by atoms with E-state index in [1.165, 1.54) is 0 Å². The van der Waals surface area contributed by atoms with Crippen LogP contribution in [0.3, 0.4) is 0 Å². The number of hydrogen-bond donors (Lipinski definition) is 1. The number of amides is 2. The van der Waals surface area contributed by atoms with Crippen LogP contribution in [0.2, 0.25) is 0 Å². The molecule has 0 radical (unpaired) electrons. The molecule has 3 rings (SSSR count). The lowest BCUT2D eigenvalue weighted by molar-refractivity contribution is -0.121. The molecule has 0 spiro atoms. The molecule has 2 aromatic rings. The summed E-state index contributed by atoms with van der Waals surface area (Å²) in [5.41, 5.74) is 6.95. The first-order chi connectivity index (χ1) is 11.5. The van der Waals surface area contributed by atoms with Crippen molar-refractivity contribution >= 4 is 17.5 Å². The molecule has 2 heterocycles. The van der Waals surface area contributed by atoms with Crippen molar-refractivity contribution in [3.05, 3.63) is 35.4 Å². The maximum absolute atomic E-state index is 12.3. The predicted molar refractivity (Wildman–Crippen MR) is 86.5 cm³/mol. The number of carbonyl (C=O) groups is 2. The predicted octanol–water partition coefficient (Wildman–Crippen LogP) is 0.560. The maximum Gasteiger partial charge on any atom is 0.265 e. The van der Waals surface area contributed by atoms with E-state index in [-0.39, 0.29) is 25.5 Å². The summed E-state index contributed by atoms with van der Waals surface area (Å²) in [5.74, 6) is 1.01. The summed E-state index contributed by atoms with van der Waals surface area (Å²) < 4.78 is 7.15. The molecule has 0 atom stereocenters. The van der Waals surface area contributed by atoms with Crippen LogP contribution in [0.4, 0.5) is 5.69 Å². The number of nitrogens with two attached hydrogens (primary N) is 1. The highest BCUT2D eigenvalue weighted by molar-refractivity contribution is 5.97. The number of carbonyl (C=O) groups excluding carboxylic acids is 2. The van der Waals surface area contributed by atoms with Gasteiger partial charge in [0.25, 0.3) is 5.91 Å². The van der Waals surface area contributed by atoms with Crippen LogP contribution in [-0.4, -0.2) is 33.2 Å². The van der Waals surface area contributed by atoms with E-state index >= 15 is 0 Å². The summed E-state index contributed by atoms with van der Waals surface area (Å²) in [6.07, 6.45) is -0.0211. The van der Waals surface area contributed by atoms with Gasteiger partial charge in [-0.25, -0.2) is 9.67 Å². The second-order valence-corrected chi connectivity index (χ2v) is 5.64. The van der Waals surface area contributed by atoms with Crippen molar-refractivity contribution in [1.82, 2.24) is 14.8 Å². The van der Waals surface area contributed by atoms with E-state index in [1.807, 2.05) is 32.0 Å². The molecule has 2 N–H and O–H groups in total. The number of aryl methyl sites for hydroxylation is 2. The fraction of sp³-hybridized carbons (Fsp3) is 0.375. The van der Waals surface area contributed by atoms with Crippen molar-refractivity contribution in [2.24, 2.45) is 5.73 Å². The number of fused-ring (bicyclic) bond motifs is 1. The first kappa shape index (κ1) is 16.0. The Morgan fingerprint density at radius 2 is 2.21 bits per heavy atom. The van der Waals surface area contributed by atoms with Crippen LogP contribution < -0.4 is 15.4 Å². The molecule has 0 saturated carbocycles. The van der Waals surface area contributed by atoms with Crippen molar-refractivity contribution in [1.29, 1.82) is 0 Å². The molecule has 1 aromatic carbocycles. The second-order valence-electron chi connectivity index (χ2n) is 5.64. The Hall–Kier alpha value is -2.90. The summed E-state index contributed by atoms with van der Waals surface area (Å²) in [5, 5.41) is 4.27. The van der Waals surface area contributed by atoms with Gasteiger partial charge in [0, 0.05) is 6.54 Å². The Morgan fingerprint density at radius 3 is 2.92 bits per heavy atom. The molecule has 0 fully saturated rings. The molecular weight excluding hydrogens is 310 g/mol. The molecule has 0 aliphatic carbocycles. The maximum atomic E-state index is 12.3. The lowest BCUT2D eigenvalue weighted by Crippen LogP contribution is -2.39. The average Bonchev–Trinajstić information content (AvgIpc) is 2.91. The van der Waals surface area contributed by atoms with Crippen molar-refractivity contribution < 1.29 is 14.3 Å². The third-order valence-corrected chi connectivity index (χ3v) is 3.78. The van der Waals surface area contributed by atoms with E-state index < -0.39 is 5.91 Å². The van der Waals surface area contributed by atoms with Gasteiger partial charge >= 0.3 is 0 Å². The van der Waals surface area contributed by atoms with Crippen LogP contribution >= 0.6 is 0 Å². The zero-order chi connectivity index (χ0) is 17.3. The normalized spacial score (nSPS) is 13.6. The monoisotopic (exact) mass is 329 g/mol. The van der Waals surface area contributed by atoms with Gasteiger partial charge in [-0.1, -0.05) is 6.07 Å². The number of hydrogen-bond acceptors (Lipinski definition) is 5. The van der Waals surface area contributed by atoms with Crippen molar-refractivity contribution in [3.8, 4) is 5.75 Å². The number of anilines is 1. The number of rotatable bonds is 5. The summed E-state index contributed by atoms with van der Waals surface area (Å²) in [7, 11) is 0. The average molecular weight is 329 g/mol. The van der Waals surface area contributed by atoms with Gasteiger partial charge in [0.15, 0.2) is 12.4 Å². The summed E-state index contributed by atoms with van der Waals surface area (Å²) in [6.45, 7) is 4.71. The van der Waals surface area contributed by atoms with E-state index in [4.69, 9.17) is 10.5 Å². The quantitative estimate of drug-likeness (QED) is 0.863. The van der Waals surface area contributed by atoms with Gasteiger partial charge in [-0.3, -0.25) is 14.5 Å². The largest absolute Gasteiger partial charge is 0.482 e. The molecule has 0 unspecified atom stereocenters. The molecule has 1 aliphatic rings. The van der Waals surface area contributed by atoms with Gasteiger partial charge in [0.05, 0.1) is 18.7 Å². The Balaban J connectivity index is 1.93. The standard InChI is InChI=1S/C16H19N5O3/c1-3-21-15(18-14(19-21)7-13(17)22)8-20-11-6-10(2)4-5-12(11)24-9-16(20)23/h4-6H,3,7-9H2,1-2H3,(H2,17,22). The van der Waals surface area contributed by atoms with Gasteiger partial charge in [0.1, 0.15) is 11.6 Å². The van der Waals surface area contributed by atoms with Crippen molar-refractivity contribution in [2.45, 2.75) is 33.4 Å². The summed E-state index contributed by atoms with van der Waals surface area (Å²) in [4.78, 5) is 29.4. The number of nitrogens with zero attached hydrogens (tertiary/aromatic N) is 4. The second kappa shape index (κ2) is 6.31. The minimum absolute atomic E-state index is 0.00946. The van der Waals surface area contributed by atoms with Crippen LogP contribution in [0.15, 0.2) is 18.2 Å². The number of benzene rings is 1. The zero-order valence-electron chi connectivity index (χ0n) is 13.7. The van der Waals surface area contributed by atoms with E-state index in [0.717, 1.165) is 5.56 Å². The lowest BCUT2D eigenvalue weighted by atomic mass is 10.1. The van der Waals surface area contributed by atoms with Gasteiger partial charge in [-0.2, -0.15) is 5.10 Å². The van der Waals surface area contributed by atoms with E-state index in [9.17, 15) is 9.59 Å². The number of primary amides is 1. The van der Waals surface area contributed by atoms with Gasteiger partial charge in [0.2, 0.25) is 5.91 Å². The first-order valence-corrected chi connectivity index (χ1v) is 7.72. The zero-order valence-corrected chi connectivity index (χ0v) is 13.7. The van der Waals surface area contributed by atoms with E-state index in [2.05, 4.69) is 10.1 Å². The summed E-state index contributed by atoms with van der Waals surface area (Å²) >= 11 is 0. The Labute approximate surface area is 139 Å². The highest BCUT2D eigenvalue weighted by atomic mass is 16.5. The van der Waals surface area contributed by atoms with Gasteiger partial charge < -0.3 is 10.5 Å². The van der Waals surface area contributed by atoms with Crippen LogP contribution in [0.25, 0.3) is 0 Å². The molecular formula is C16H19N5O3. The smallest absolute Gasteiger partial charge is 0.265 e. The van der Waals surface area contributed by atoms with Crippen molar-refractivity contribution in [2.75, 3.05) is 11.5 Å². The molecule has 126 valence electrons. The molecule has 0 saturated heterocycles. The first-order valence-electron chi connectivity index (χ1n) is 7.72. The fourth-order valence-electron chi connectivity index (χ4n) is 2.65. The van der Waals surface area contributed by atoms with E-state index in [1.54, 1.807) is 9.58 Å². The fourth-order valence-corrected chi connectivity index (χ4v) is 2.65.